The molecule has 1 aliphatic carbocycles. The zero-order chi connectivity index (χ0) is 21.2. The summed E-state index contributed by atoms with van der Waals surface area (Å²) >= 11 is 0. The highest BCUT2D eigenvalue weighted by atomic mass is 16.3. The molecule has 1 heterocycles. The molecule has 0 aliphatic heterocycles. The highest BCUT2D eigenvalue weighted by Gasteiger charge is 2.15. The van der Waals surface area contributed by atoms with Crippen LogP contribution >= 0.6 is 0 Å². The van der Waals surface area contributed by atoms with Crippen molar-refractivity contribution in [2.24, 2.45) is 0 Å². The first-order chi connectivity index (χ1) is 14.6. The van der Waals surface area contributed by atoms with E-state index in [1.165, 1.54) is 12.7 Å². The third kappa shape index (κ3) is 6.95. The number of carbonyl (C=O) groups is 3. The molecule has 0 atom stereocenters. The van der Waals surface area contributed by atoms with Gasteiger partial charge in [-0.05, 0) is 42.7 Å². The summed E-state index contributed by atoms with van der Waals surface area (Å²) in [6.45, 7) is 0.612. The maximum atomic E-state index is 12.0. The van der Waals surface area contributed by atoms with Gasteiger partial charge in [0.25, 0.3) is 5.91 Å². The van der Waals surface area contributed by atoms with Gasteiger partial charge in [0.05, 0.1) is 6.26 Å². The fourth-order valence-corrected chi connectivity index (χ4v) is 3.42. The van der Waals surface area contributed by atoms with Crippen molar-refractivity contribution in [3.05, 3.63) is 54.0 Å². The Morgan fingerprint density at radius 3 is 2.60 bits per heavy atom. The van der Waals surface area contributed by atoms with E-state index in [1.54, 1.807) is 30.3 Å². The van der Waals surface area contributed by atoms with Crippen molar-refractivity contribution >= 4 is 23.5 Å². The number of anilines is 1. The summed E-state index contributed by atoms with van der Waals surface area (Å²) < 4.78 is 5.07. The van der Waals surface area contributed by atoms with Crippen LogP contribution in [0.4, 0.5) is 10.5 Å². The van der Waals surface area contributed by atoms with E-state index in [0.29, 0.717) is 12.2 Å². The van der Waals surface area contributed by atoms with Gasteiger partial charge in [-0.3, -0.25) is 9.59 Å². The Kier molecular flexibility index (Phi) is 7.88. The monoisotopic (exact) mass is 412 g/mol. The number of hydrogen-bond acceptors (Lipinski definition) is 4. The Bertz CT molecular complexity index is 845. The van der Waals surface area contributed by atoms with E-state index < -0.39 is 0 Å². The second kappa shape index (κ2) is 11.0. The summed E-state index contributed by atoms with van der Waals surface area (Å²) in [5.41, 5.74) is 1.47. The largest absolute Gasteiger partial charge is 0.459 e. The van der Waals surface area contributed by atoms with E-state index in [1.807, 2.05) is 6.07 Å². The van der Waals surface area contributed by atoms with E-state index in [-0.39, 0.29) is 42.6 Å². The fourth-order valence-electron chi connectivity index (χ4n) is 3.42. The van der Waals surface area contributed by atoms with Gasteiger partial charge in [0, 0.05) is 31.2 Å². The van der Waals surface area contributed by atoms with Gasteiger partial charge in [0.1, 0.15) is 0 Å². The molecule has 8 nitrogen and oxygen atoms in total. The van der Waals surface area contributed by atoms with E-state index >= 15 is 0 Å². The molecule has 4 N–H and O–H groups in total. The molecule has 1 aromatic heterocycles. The van der Waals surface area contributed by atoms with Gasteiger partial charge in [-0.25, -0.2) is 4.79 Å². The minimum absolute atomic E-state index is 0.155. The minimum Gasteiger partial charge on any atom is -0.459 e. The number of benzene rings is 1. The van der Waals surface area contributed by atoms with Gasteiger partial charge >= 0.3 is 6.03 Å². The summed E-state index contributed by atoms with van der Waals surface area (Å²) in [4.78, 5) is 36.0. The van der Waals surface area contributed by atoms with Gasteiger partial charge in [0.15, 0.2) is 5.76 Å². The van der Waals surface area contributed by atoms with Crippen molar-refractivity contribution in [2.45, 2.75) is 51.1 Å². The van der Waals surface area contributed by atoms with Gasteiger partial charge in [0.2, 0.25) is 5.91 Å². The average molecular weight is 412 g/mol. The smallest absolute Gasteiger partial charge is 0.315 e. The maximum absolute atomic E-state index is 12.0. The molecule has 8 heteroatoms. The van der Waals surface area contributed by atoms with E-state index in [9.17, 15) is 14.4 Å². The first-order valence-electron chi connectivity index (χ1n) is 10.3. The molecule has 0 bridgehead atoms. The van der Waals surface area contributed by atoms with Crippen LogP contribution in [0.15, 0.2) is 47.1 Å². The van der Waals surface area contributed by atoms with E-state index in [0.717, 1.165) is 31.2 Å². The van der Waals surface area contributed by atoms with Crippen LogP contribution in [0.3, 0.4) is 0 Å². The second-order valence-electron chi connectivity index (χ2n) is 7.39. The second-order valence-corrected chi connectivity index (χ2v) is 7.39. The molecule has 160 valence electrons. The molecule has 0 radical (unpaired) electrons. The average Bonchev–Trinajstić information content (AvgIpc) is 3.28. The number of nitrogens with one attached hydrogen (secondary N) is 4. The standard InChI is InChI=1S/C22H28N4O4/c27-20(11-12-23-22(29)26-17-7-2-1-3-8-17)24-15-16-6-4-9-18(14-16)25-21(28)19-10-5-13-30-19/h4-6,9-10,13-14,17H,1-3,7-8,11-12,15H2,(H,24,27)(H,25,28)(H2,23,26,29). The van der Waals surface area contributed by atoms with Gasteiger partial charge in [-0.1, -0.05) is 31.4 Å². The predicted molar refractivity (Wildman–Crippen MR) is 113 cm³/mol. The number of rotatable bonds is 8. The molecule has 1 aromatic carbocycles. The Morgan fingerprint density at radius 1 is 1.00 bits per heavy atom. The molecule has 0 saturated heterocycles. The number of carbonyl (C=O) groups excluding carboxylic acids is 3. The lowest BCUT2D eigenvalue weighted by Gasteiger charge is -2.22. The minimum atomic E-state index is -0.334. The molecule has 0 unspecified atom stereocenters. The van der Waals surface area contributed by atoms with Crippen molar-refractivity contribution in [3.63, 3.8) is 0 Å². The molecule has 4 amide bonds. The lowest BCUT2D eigenvalue weighted by molar-refractivity contribution is -0.121. The topological polar surface area (TPSA) is 112 Å². The van der Waals surface area contributed by atoms with Crippen LogP contribution in [0, 0.1) is 0 Å². The van der Waals surface area contributed by atoms with Crippen LogP contribution in [-0.2, 0) is 11.3 Å². The van der Waals surface area contributed by atoms with Crippen LogP contribution in [0.1, 0.15) is 54.6 Å². The van der Waals surface area contributed by atoms with Crippen molar-refractivity contribution < 1.29 is 18.8 Å². The van der Waals surface area contributed by atoms with Crippen LogP contribution in [0.2, 0.25) is 0 Å². The highest BCUT2D eigenvalue weighted by Crippen LogP contribution is 2.17. The summed E-state index contributed by atoms with van der Waals surface area (Å²) in [6, 6.07) is 10.5. The third-order valence-electron chi connectivity index (χ3n) is 5.00. The third-order valence-corrected chi connectivity index (χ3v) is 5.00. The maximum Gasteiger partial charge on any atom is 0.315 e. The molecule has 30 heavy (non-hydrogen) atoms. The van der Waals surface area contributed by atoms with Crippen LogP contribution in [0.25, 0.3) is 0 Å². The summed E-state index contributed by atoms with van der Waals surface area (Å²) in [6.07, 6.45) is 7.23. The molecule has 1 saturated carbocycles. The molecule has 3 rings (SSSR count). The van der Waals surface area contributed by atoms with Crippen molar-refractivity contribution in [1.29, 1.82) is 0 Å². The van der Waals surface area contributed by atoms with Gasteiger partial charge in [-0.2, -0.15) is 0 Å². The molecular weight excluding hydrogens is 384 g/mol. The molecule has 0 spiro atoms. The van der Waals surface area contributed by atoms with Crippen molar-refractivity contribution in [1.82, 2.24) is 16.0 Å². The lowest BCUT2D eigenvalue weighted by atomic mass is 9.96. The van der Waals surface area contributed by atoms with E-state index in [4.69, 9.17) is 4.42 Å². The summed E-state index contributed by atoms with van der Waals surface area (Å²) in [7, 11) is 0. The summed E-state index contributed by atoms with van der Waals surface area (Å²) in [5, 5.41) is 11.3. The number of hydrogen-bond donors (Lipinski definition) is 4. The molecule has 1 aliphatic rings. The quantitative estimate of drug-likeness (QED) is 0.533. The molecule has 1 fully saturated rings. The SMILES string of the molecule is O=C(CCNC(=O)NC1CCCCC1)NCc1cccc(NC(=O)c2ccco2)c1. The van der Waals surface area contributed by atoms with Gasteiger partial charge in [-0.15, -0.1) is 0 Å². The fraction of sp³-hybridized carbons (Fsp3) is 0.409. The highest BCUT2D eigenvalue weighted by molar-refractivity contribution is 6.02. The summed E-state index contributed by atoms with van der Waals surface area (Å²) in [5.74, 6) is -0.259. The van der Waals surface area contributed by atoms with Crippen LogP contribution < -0.4 is 21.3 Å². The molecular formula is C22H28N4O4. The number of amides is 4. The van der Waals surface area contributed by atoms with Crippen LogP contribution in [0.5, 0.6) is 0 Å². The Balaban J connectivity index is 1.35. The van der Waals surface area contributed by atoms with E-state index in [2.05, 4.69) is 21.3 Å². The first-order valence-corrected chi connectivity index (χ1v) is 10.3. The molecule has 2 aromatic rings. The Hall–Kier alpha value is -3.29. The first kappa shape index (κ1) is 21.4. The zero-order valence-corrected chi connectivity index (χ0v) is 16.9. The lowest BCUT2D eigenvalue weighted by Crippen LogP contribution is -2.43. The number of urea groups is 1. The van der Waals surface area contributed by atoms with Crippen molar-refractivity contribution in [3.8, 4) is 0 Å². The number of furan rings is 1. The van der Waals surface area contributed by atoms with Crippen LogP contribution in [-0.4, -0.2) is 30.4 Å². The normalized spacial score (nSPS) is 14.0. The zero-order valence-electron chi connectivity index (χ0n) is 16.9. The van der Waals surface area contributed by atoms with Crippen molar-refractivity contribution in [2.75, 3.05) is 11.9 Å². The Labute approximate surface area is 175 Å². The predicted octanol–water partition coefficient (Wildman–Crippen LogP) is 3.17. The van der Waals surface area contributed by atoms with Gasteiger partial charge < -0.3 is 25.7 Å². The Morgan fingerprint density at radius 2 is 1.83 bits per heavy atom.